The second kappa shape index (κ2) is 11.2. The molecule has 0 saturated carbocycles. The van der Waals surface area contributed by atoms with Gasteiger partial charge in [0.1, 0.15) is 13.9 Å². The van der Waals surface area contributed by atoms with Crippen LogP contribution < -0.4 is 10.4 Å². The van der Waals surface area contributed by atoms with Crippen LogP contribution in [-0.2, 0) is 0 Å². The van der Waals surface area contributed by atoms with Crippen LogP contribution in [0, 0.1) is 0 Å². The lowest BCUT2D eigenvalue weighted by Gasteiger charge is -2.25. The van der Waals surface area contributed by atoms with E-state index < -0.39 is 8.07 Å². The number of hydrogen-bond acceptors (Lipinski definition) is 2. The summed E-state index contributed by atoms with van der Waals surface area (Å²) in [5, 5.41) is 5.16. The first-order valence-corrected chi connectivity index (χ1v) is 18.0. The predicted molar refractivity (Wildman–Crippen MR) is 181 cm³/mol. The zero-order valence-electron chi connectivity index (χ0n) is 25.5. The van der Waals surface area contributed by atoms with Crippen molar-refractivity contribution in [1.82, 2.24) is 14.5 Å². The Morgan fingerprint density at radius 3 is 1.88 bits per heavy atom. The lowest BCUT2D eigenvalue weighted by Crippen LogP contribution is -2.52. The van der Waals surface area contributed by atoms with Crippen molar-refractivity contribution in [2.24, 2.45) is 0 Å². The molecule has 42 heavy (non-hydrogen) atoms. The van der Waals surface area contributed by atoms with Gasteiger partial charge in [-0.15, -0.1) is 0 Å². The third-order valence-electron chi connectivity index (χ3n) is 8.58. The summed E-state index contributed by atoms with van der Waals surface area (Å²) in [7, 11) is -2.04. The van der Waals surface area contributed by atoms with Gasteiger partial charge < -0.3 is 0 Å². The molecule has 3 nitrogen and oxygen atoms in total. The van der Waals surface area contributed by atoms with Crippen LogP contribution in [0.15, 0.2) is 116 Å². The Balaban J connectivity index is 1.40. The Bertz CT molecular complexity index is 1850. The SMILES string of the molecule is CC(C)c1cccc(C(C)C)c1-n1ccnc1-c1cccc([Si](C)(C)c2cccc(-c3cc4ccccc4cn3)c2)c1. The Hall–Kier alpha value is -4.28. The van der Waals surface area contributed by atoms with Crippen LogP contribution in [0.5, 0.6) is 0 Å². The number of benzene rings is 4. The molecule has 0 aliphatic rings. The molecule has 0 unspecified atom stereocenters. The molecule has 0 amide bonds. The normalized spacial score (nSPS) is 12.0. The highest BCUT2D eigenvalue weighted by atomic mass is 28.3. The van der Waals surface area contributed by atoms with Crippen molar-refractivity contribution in [1.29, 1.82) is 0 Å². The monoisotopic (exact) mass is 565 g/mol. The first kappa shape index (κ1) is 27.9. The predicted octanol–water partition coefficient (Wildman–Crippen LogP) is 8.82. The van der Waals surface area contributed by atoms with Gasteiger partial charge in [0.2, 0.25) is 0 Å². The summed E-state index contributed by atoms with van der Waals surface area (Å²) in [6.45, 7) is 14.0. The summed E-state index contributed by atoms with van der Waals surface area (Å²) >= 11 is 0. The maximum Gasteiger partial charge on any atom is 0.144 e. The number of hydrogen-bond donors (Lipinski definition) is 0. The van der Waals surface area contributed by atoms with E-state index in [0.717, 1.165) is 22.6 Å². The molecule has 4 aromatic carbocycles. The molecule has 0 saturated heterocycles. The number of para-hydroxylation sites is 1. The Morgan fingerprint density at radius 1 is 0.619 bits per heavy atom. The van der Waals surface area contributed by atoms with Gasteiger partial charge in [-0.25, -0.2) is 4.98 Å². The highest BCUT2D eigenvalue weighted by Crippen LogP contribution is 2.34. The van der Waals surface area contributed by atoms with Crippen molar-refractivity contribution in [3.63, 3.8) is 0 Å². The molecule has 0 atom stereocenters. The molecule has 0 bridgehead atoms. The largest absolute Gasteiger partial charge is 0.299 e. The molecule has 2 aromatic heterocycles. The van der Waals surface area contributed by atoms with Gasteiger partial charge in [-0.2, -0.15) is 0 Å². The lowest BCUT2D eigenvalue weighted by molar-refractivity contribution is 0.807. The molecule has 0 N–H and O–H groups in total. The zero-order valence-corrected chi connectivity index (χ0v) is 26.5. The van der Waals surface area contributed by atoms with Gasteiger partial charge in [-0.3, -0.25) is 9.55 Å². The summed E-state index contributed by atoms with van der Waals surface area (Å²) in [5.41, 5.74) is 7.31. The van der Waals surface area contributed by atoms with Gasteiger partial charge in [0.05, 0.1) is 11.4 Å². The van der Waals surface area contributed by atoms with Crippen molar-refractivity contribution < 1.29 is 0 Å². The maximum absolute atomic E-state index is 4.91. The highest BCUT2D eigenvalue weighted by Gasteiger charge is 2.27. The number of nitrogens with zero attached hydrogens (tertiary/aromatic N) is 3. The van der Waals surface area contributed by atoms with Gasteiger partial charge in [0.25, 0.3) is 0 Å². The Morgan fingerprint density at radius 2 is 1.21 bits per heavy atom. The van der Waals surface area contributed by atoms with E-state index in [0.29, 0.717) is 11.8 Å². The number of aromatic nitrogens is 3. The smallest absolute Gasteiger partial charge is 0.144 e. The summed E-state index contributed by atoms with van der Waals surface area (Å²) in [6, 6.07) is 35.4. The van der Waals surface area contributed by atoms with Crippen molar-refractivity contribution in [3.05, 3.63) is 127 Å². The second-order valence-corrected chi connectivity index (χ2v) is 16.8. The van der Waals surface area contributed by atoms with Crippen LogP contribution in [0.25, 0.3) is 39.1 Å². The standard InChI is InChI=1S/C38H39N3Si/c1-26(2)34-18-11-19-35(27(3)4)37(34)41-21-20-39-38(41)30-15-10-17-33(23-30)42(5,6)32-16-9-14-29(22-32)36-24-28-12-7-8-13-31(28)25-40-36/h7-27H,1-6H3. The number of pyridine rings is 1. The average Bonchev–Trinajstić information content (AvgIpc) is 3.50. The van der Waals surface area contributed by atoms with Crippen LogP contribution in [0.3, 0.4) is 0 Å². The molecule has 0 aliphatic carbocycles. The third kappa shape index (κ3) is 5.12. The summed E-state index contributed by atoms with van der Waals surface area (Å²) in [4.78, 5) is 9.71. The molecular formula is C38H39N3Si. The molecule has 210 valence electrons. The van der Waals surface area contributed by atoms with Crippen molar-refractivity contribution in [3.8, 4) is 28.3 Å². The van der Waals surface area contributed by atoms with Gasteiger partial charge >= 0.3 is 0 Å². The average molecular weight is 566 g/mol. The zero-order chi connectivity index (χ0) is 29.4. The molecule has 0 fully saturated rings. The minimum Gasteiger partial charge on any atom is -0.299 e. The molecular weight excluding hydrogens is 527 g/mol. The van der Waals surface area contributed by atoms with Gasteiger partial charge in [-0.1, -0.05) is 142 Å². The third-order valence-corrected chi connectivity index (χ3v) is 12.1. The molecule has 2 heterocycles. The number of rotatable bonds is 7. The van der Waals surface area contributed by atoms with E-state index in [-0.39, 0.29) is 0 Å². The highest BCUT2D eigenvalue weighted by molar-refractivity contribution is 7.00. The van der Waals surface area contributed by atoms with Crippen LogP contribution in [0.2, 0.25) is 13.1 Å². The van der Waals surface area contributed by atoms with Crippen LogP contribution in [-0.4, -0.2) is 22.6 Å². The summed E-state index contributed by atoms with van der Waals surface area (Å²) in [6.07, 6.45) is 6.04. The van der Waals surface area contributed by atoms with Crippen LogP contribution in [0.1, 0.15) is 50.7 Å². The Kier molecular flexibility index (Phi) is 7.42. The number of imidazole rings is 1. The van der Waals surface area contributed by atoms with E-state index in [1.165, 1.54) is 38.0 Å². The fourth-order valence-corrected chi connectivity index (χ4v) is 8.40. The fraction of sp³-hybridized carbons (Fsp3) is 0.211. The van der Waals surface area contributed by atoms with E-state index >= 15 is 0 Å². The van der Waals surface area contributed by atoms with E-state index in [1.54, 1.807) is 0 Å². The molecule has 6 aromatic rings. The van der Waals surface area contributed by atoms with Crippen molar-refractivity contribution in [2.45, 2.75) is 52.6 Å². The minimum absolute atomic E-state index is 0.413. The van der Waals surface area contributed by atoms with Gasteiger partial charge in [0.15, 0.2) is 0 Å². The lowest BCUT2D eigenvalue weighted by atomic mass is 9.92. The first-order chi connectivity index (χ1) is 20.2. The van der Waals surface area contributed by atoms with E-state index in [4.69, 9.17) is 9.97 Å². The van der Waals surface area contributed by atoms with Crippen molar-refractivity contribution in [2.75, 3.05) is 0 Å². The molecule has 0 aliphatic heterocycles. The molecule has 0 spiro atoms. The van der Waals surface area contributed by atoms with E-state index in [2.05, 4.69) is 149 Å². The van der Waals surface area contributed by atoms with E-state index in [9.17, 15) is 0 Å². The quantitative estimate of drug-likeness (QED) is 0.181. The first-order valence-electron chi connectivity index (χ1n) is 15.0. The maximum atomic E-state index is 4.91. The van der Waals surface area contributed by atoms with Crippen molar-refractivity contribution >= 4 is 29.2 Å². The molecule has 4 heteroatoms. The molecule has 0 radical (unpaired) electrons. The summed E-state index contributed by atoms with van der Waals surface area (Å²) < 4.78 is 2.31. The summed E-state index contributed by atoms with van der Waals surface area (Å²) in [5.74, 6) is 1.82. The van der Waals surface area contributed by atoms with Crippen LogP contribution in [0.4, 0.5) is 0 Å². The fourth-order valence-electron chi connectivity index (χ4n) is 6.01. The minimum atomic E-state index is -2.04. The van der Waals surface area contributed by atoms with Gasteiger partial charge in [0, 0.05) is 35.1 Å². The topological polar surface area (TPSA) is 30.7 Å². The van der Waals surface area contributed by atoms with Crippen LogP contribution >= 0.6 is 0 Å². The van der Waals surface area contributed by atoms with E-state index in [1.807, 2.05) is 12.4 Å². The van der Waals surface area contributed by atoms with Gasteiger partial charge in [-0.05, 0) is 34.4 Å². The number of fused-ring (bicyclic) bond motifs is 1. The Labute approximate surface area is 251 Å². The second-order valence-electron chi connectivity index (χ2n) is 12.4. The molecule has 6 rings (SSSR count).